The van der Waals surface area contributed by atoms with E-state index in [1.165, 1.54) is 0 Å². The van der Waals surface area contributed by atoms with E-state index < -0.39 is 5.97 Å². The fourth-order valence-electron chi connectivity index (χ4n) is 2.24. The predicted octanol–water partition coefficient (Wildman–Crippen LogP) is 2.90. The van der Waals surface area contributed by atoms with E-state index in [0.717, 1.165) is 24.1 Å². The Morgan fingerprint density at radius 3 is 2.42 bits per heavy atom. The molecule has 1 heterocycles. The van der Waals surface area contributed by atoms with Gasteiger partial charge in [-0.15, -0.1) is 5.10 Å². The van der Waals surface area contributed by atoms with Gasteiger partial charge in [-0.05, 0) is 31.7 Å². The van der Waals surface area contributed by atoms with Crippen LogP contribution in [0.5, 0.6) is 0 Å². The monoisotopic (exact) mass is 265 g/mol. The number of nitrogens with one attached hydrogen (secondary N) is 1. The second kappa shape index (κ2) is 7.07. The van der Waals surface area contributed by atoms with Crippen LogP contribution in [-0.2, 0) is 12.8 Å². The van der Waals surface area contributed by atoms with Crippen molar-refractivity contribution in [2.24, 2.45) is 0 Å². The number of aryl methyl sites for hydroxylation is 1. The Morgan fingerprint density at radius 1 is 1.26 bits per heavy atom. The first-order valence-electron chi connectivity index (χ1n) is 6.93. The fraction of sp³-hybridized carbons (Fsp3) is 0.643. The van der Waals surface area contributed by atoms with Gasteiger partial charge in [0.25, 0.3) is 0 Å². The van der Waals surface area contributed by atoms with Gasteiger partial charge < -0.3 is 10.4 Å². The van der Waals surface area contributed by atoms with Crippen molar-refractivity contribution in [3.8, 4) is 0 Å². The SMILES string of the molecule is CCCC(C)Nc1nnc(CC)c(CC)c1C(=O)O. The zero-order chi connectivity index (χ0) is 14.4. The zero-order valence-corrected chi connectivity index (χ0v) is 12.2. The van der Waals surface area contributed by atoms with E-state index in [1.807, 2.05) is 20.8 Å². The van der Waals surface area contributed by atoms with E-state index in [0.29, 0.717) is 18.7 Å². The number of hydrogen-bond donors (Lipinski definition) is 2. The second-order valence-corrected chi connectivity index (χ2v) is 4.70. The number of nitrogens with zero attached hydrogens (tertiary/aromatic N) is 2. The number of aromatic nitrogens is 2. The molecular formula is C14H23N3O2. The molecule has 1 aromatic rings. The third-order valence-corrected chi connectivity index (χ3v) is 3.16. The molecule has 0 aromatic carbocycles. The number of aromatic carboxylic acids is 1. The molecule has 5 nitrogen and oxygen atoms in total. The maximum absolute atomic E-state index is 11.5. The van der Waals surface area contributed by atoms with Gasteiger partial charge in [0.15, 0.2) is 5.82 Å². The van der Waals surface area contributed by atoms with Crippen LogP contribution in [0, 0.1) is 0 Å². The van der Waals surface area contributed by atoms with E-state index in [2.05, 4.69) is 22.4 Å². The van der Waals surface area contributed by atoms with Gasteiger partial charge in [0.1, 0.15) is 5.56 Å². The third-order valence-electron chi connectivity index (χ3n) is 3.16. The molecule has 106 valence electrons. The Labute approximate surface area is 114 Å². The van der Waals surface area contributed by atoms with Gasteiger partial charge in [0, 0.05) is 6.04 Å². The molecule has 0 aliphatic heterocycles. The standard InChI is InChI=1S/C14H23N3O2/c1-5-8-9(4)15-13-12(14(18)19)10(6-2)11(7-3)16-17-13/h9H,5-8H2,1-4H3,(H,15,17)(H,18,19). The van der Waals surface area contributed by atoms with E-state index in [4.69, 9.17) is 0 Å². The number of carboxylic acids is 1. The number of carbonyl (C=O) groups is 1. The first kappa shape index (κ1) is 15.4. The highest BCUT2D eigenvalue weighted by Gasteiger charge is 2.21. The molecule has 2 N–H and O–H groups in total. The molecule has 0 fully saturated rings. The minimum absolute atomic E-state index is 0.189. The Balaban J connectivity index is 3.20. The molecule has 0 saturated heterocycles. The highest BCUT2D eigenvalue weighted by molar-refractivity contribution is 5.95. The lowest BCUT2D eigenvalue weighted by atomic mass is 10.0. The van der Waals surface area contributed by atoms with Crippen molar-refractivity contribution in [2.75, 3.05) is 5.32 Å². The summed E-state index contributed by atoms with van der Waals surface area (Å²) >= 11 is 0. The summed E-state index contributed by atoms with van der Waals surface area (Å²) in [7, 11) is 0. The van der Waals surface area contributed by atoms with Crippen LogP contribution in [0.1, 0.15) is 62.2 Å². The number of hydrogen-bond acceptors (Lipinski definition) is 4. The molecule has 0 radical (unpaired) electrons. The highest BCUT2D eigenvalue weighted by Crippen LogP contribution is 2.22. The van der Waals surface area contributed by atoms with Crippen LogP contribution in [0.15, 0.2) is 0 Å². The van der Waals surface area contributed by atoms with E-state index in [9.17, 15) is 9.90 Å². The Bertz CT molecular complexity index is 447. The summed E-state index contributed by atoms with van der Waals surface area (Å²) in [5.74, 6) is -0.546. The normalized spacial score (nSPS) is 12.2. The summed E-state index contributed by atoms with van der Waals surface area (Å²) in [6.45, 7) is 8.03. The van der Waals surface area contributed by atoms with Crippen molar-refractivity contribution in [1.29, 1.82) is 0 Å². The largest absolute Gasteiger partial charge is 0.478 e. The number of carboxylic acid groups (broad SMARTS) is 1. The first-order chi connectivity index (χ1) is 9.04. The molecule has 0 bridgehead atoms. The molecule has 1 rings (SSSR count). The van der Waals surface area contributed by atoms with E-state index in [-0.39, 0.29) is 11.6 Å². The topological polar surface area (TPSA) is 75.1 Å². The average molecular weight is 265 g/mol. The first-order valence-corrected chi connectivity index (χ1v) is 6.93. The average Bonchev–Trinajstić information content (AvgIpc) is 2.37. The van der Waals surface area contributed by atoms with Gasteiger partial charge >= 0.3 is 5.97 Å². The van der Waals surface area contributed by atoms with Gasteiger partial charge in [0.2, 0.25) is 0 Å². The van der Waals surface area contributed by atoms with Crippen LogP contribution >= 0.6 is 0 Å². The van der Waals surface area contributed by atoms with Gasteiger partial charge in [-0.2, -0.15) is 5.10 Å². The zero-order valence-electron chi connectivity index (χ0n) is 12.2. The van der Waals surface area contributed by atoms with Crippen LogP contribution < -0.4 is 5.32 Å². The molecule has 1 atom stereocenters. The minimum Gasteiger partial charge on any atom is -0.478 e. The number of anilines is 1. The molecule has 1 unspecified atom stereocenters. The van der Waals surface area contributed by atoms with E-state index >= 15 is 0 Å². The maximum atomic E-state index is 11.5. The van der Waals surface area contributed by atoms with Crippen LogP contribution in [0.4, 0.5) is 5.82 Å². The molecule has 1 aromatic heterocycles. The lowest BCUT2D eigenvalue weighted by molar-refractivity contribution is 0.0696. The molecule has 5 heteroatoms. The third kappa shape index (κ3) is 3.66. The van der Waals surface area contributed by atoms with Crippen molar-refractivity contribution in [1.82, 2.24) is 10.2 Å². The summed E-state index contributed by atoms with van der Waals surface area (Å²) in [6.07, 6.45) is 3.35. The Hall–Kier alpha value is -1.65. The highest BCUT2D eigenvalue weighted by atomic mass is 16.4. The van der Waals surface area contributed by atoms with Gasteiger partial charge in [-0.1, -0.05) is 27.2 Å². The molecule has 0 spiro atoms. The molecule has 19 heavy (non-hydrogen) atoms. The summed E-state index contributed by atoms with van der Waals surface area (Å²) < 4.78 is 0. The van der Waals surface area contributed by atoms with E-state index in [1.54, 1.807) is 0 Å². The summed E-state index contributed by atoms with van der Waals surface area (Å²) in [6, 6.07) is 0.189. The van der Waals surface area contributed by atoms with Crippen molar-refractivity contribution in [3.63, 3.8) is 0 Å². The number of rotatable bonds is 7. The van der Waals surface area contributed by atoms with Crippen LogP contribution in [0.3, 0.4) is 0 Å². The lowest BCUT2D eigenvalue weighted by Crippen LogP contribution is -2.21. The summed E-state index contributed by atoms with van der Waals surface area (Å²) in [4.78, 5) is 11.5. The van der Waals surface area contributed by atoms with Crippen LogP contribution in [0.2, 0.25) is 0 Å². The Morgan fingerprint density at radius 2 is 1.95 bits per heavy atom. The van der Waals surface area contributed by atoms with Crippen molar-refractivity contribution in [3.05, 3.63) is 16.8 Å². The molecule has 0 amide bonds. The van der Waals surface area contributed by atoms with Crippen molar-refractivity contribution >= 4 is 11.8 Å². The quantitative estimate of drug-likeness (QED) is 0.792. The molecule has 0 aliphatic carbocycles. The van der Waals surface area contributed by atoms with Crippen LogP contribution in [0.25, 0.3) is 0 Å². The maximum Gasteiger partial charge on any atom is 0.339 e. The molecular weight excluding hydrogens is 242 g/mol. The summed E-state index contributed by atoms with van der Waals surface area (Å²) in [5.41, 5.74) is 1.84. The smallest absolute Gasteiger partial charge is 0.339 e. The van der Waals surface area contributed by atoms with Crippen molar-refractivity contribution < 1.29 is 9.90 Å². The van der Waals surface area contributed by atoms with Gasteiger partial charge in [-0.25, -0.2) is 4.79 Å². The summed E-state index contributed by atoms with van der Waals surface area (Å²) in [5, 5.41) is 20.8. The molecule has 0 saturated carbocycles. The van der Waals surface area contributed by atoms with Crippen LogP contribution in [-0.4, -0.2) is 27.3 Å². The van der Waals surface area contributed by atoms with Crippen molar-refractivity contribution in [2.45, 2.75) is 59.4 Å². The van der Waals surface area contributed by atoms with Gasteiger partial charge in [0.05, 0.1) is 5.69 Å². The van der Waals surface area contributed by atoms with Gasteiger partial charge in [-0.3, -0.25) is 0 Å². The predicted molar refractivity (Wildman–Crippen MR) is 75.7 cm³/mol. The second-order valence-electron chi connectivity index (χ2n) is 4.70. The Kier molecular flexibility index (Phi) is 5.73. The fourth-order valence-corrected chi connectivity index (χ4v) is 2.24. The molecule has 0 aliphatic rings. The minimum atomic E-state index is -0.937. The lowest BCUT2D eigenvalue weighted by Gasteiger charge is -2.17.